The van der Waals surface area contributed by atoms with Gasteiger partial charge in [0.15, 0.2) is 6.29 Å². The van der Waals surface area contributed by atoms with E-state index >= 15 is 0 Å². The first-order valence-electron chi connectivity index (χ1n) is 3.85. The van der Waals surface area contributed by atoms with E-state index in [-0.39, 0.29) is 13.2 Å². The highest BCUT2D eigenvalue weighted by molar-refractivity contribution is 5.05. The van der Waals surface area contributed by atoms with Gasteiger partial charge in [0.25, 0.3) is 0 Å². The molecule has 2 N–H and O–H groups in total. The van der Waals surface area contributed by atoms with E-state index in [1.807, 2.05) is 0 Å². The maximum atomic E-state index is 9.59. The van der Waals surface area contributed by atoms with E-state index in [0.29, 0.717) is 0 Å². The van der Waals surface area contributed by atoms with Crippen LogP contribution in [0.15, 0.2) is 0 Å². The molecular formula is C7H12O5. The molecule has 0 aliphatic carbocycles. The minimum absolute atomic E-state index is 0.231. The van der Waals surface area contributed by atoms with Gasteiger partial charge in [-0.2, -0.15) is 0 Å². The van der Waals surface area contributed by atoms with Gasteiger partial charge in [-0.25, -0.2) is 0 Å². The Morgan fingerprint density at radius 2 is 2.42 bits per heavy atom. The van der Waals surface area contributed by atoms with E-state index in [9.17, 15) is 5.11 Å². The van der Waals surface area contributed by atoms with Crippen molar-refractivity contribution in [3.05, 3.63) is 0 Å². The van der Waals surface area contributed by atoms with Gasteiger partial charge in [-0.1, -0.05) is 0 Å². The molecule has 2 aliphatic heterocycles. The first-order chi connectivity index (χ1) is 5.73. The molecule has 5 nitrogen and oxygen atoms in total. The first-order valence-corrected chi connectivity index (χ1v) is 3.85. The molecule has 2 aliphatic rings. The molecule has 2 heterocycles. The summed E-state index contributed by atoms with van der Waals surface area (Å²) in [4.78, 5) is 0. The fourth-order valence-corrected chi connectivity index (χ4v) is 1.70. The molecule has 0 amide bonds. The zero-order chi connectivity index (χ0) is 8.77. The molecule has 0 aromatic heterocycles. The SMILES string of the molecule is CO[C@@H]1O[C@@]2(CO)CO[C@@H]1[C@@H]2O. The van der Waals surface area contributed by atoms with Crippen molar-refractivity contribution in [2.75, 3.05) is 20.3 Å². The fourth-order valence-electron chi connectivity index (χ4n) is 1.70. The third kappa shape index (κ3) is 0.855. The molecule has 2 rings (SSSR count). The van der Waals surface area contributed by atoms with Gasteiger partial charge in [0.1, 0.15) is 17.8 Å². The van der Waals surface area contributed by atoms with E-state index in [0.717, 1.165) is 0 Å². The van der Waals surface area contributed by atoms with Gasteiger partial charge in [0.05, 0.1) is 13.2 Å². The van der Waals surface area contributed by atoms with Gasteiger partial charge in [-0.15, -0.1) is 0 Å². The van der Waals surface area contributed by atoms with Gasteiger partial charge >= 0.3 is 0 Å². The topological polar surface area (TPSA) is 68.2 Å². The standard InChI is InChI=1S/C7H12O5/c1-10-6-4-5(9)7(2-8,12-6)3-11-4/h4-6,8-9H,2-3H2,1H3/t4-,5+,6-,7+/m1/s1. The maximum absolute atomic E-state index is 9.59. The lowest BCUT2D eigenvalue weighted by Crippen LogP contribution is -2.44. The summed E-state index contributed by atoms with van der Waals surface area (Å²) in [5, 5.41) is 18.6. The molecule has 5 heteroatoms. The van der Waals surface area contributed by atoms with Crippen molar-refractivity contribution in [2.24, 2.45) is 0 Å². The number of fused-ring (bicyclic) bond motifs is 2. The Hall–Kier alpha value is -0.200. The lowest BCUT2D eigenvalue weighted by molar-refractivity contribution is -0.242. The summed E-state index contributed by atoms with van der Waals surface area (Å²) in [6.45, 7) is -0.0142. The highest BCUT2D eigenvalue weighted by Crippen LogP contribution is 2.39. The Bertz CT molecular complexity index is 185. The van der Waals surface area contributed by atoms with Crippen LogP contribution in [0.25, 0.3) is 0 Å². The van der Waals surface area contributed by atoms with Crippen LogP contribution in [-0.2, 0) is 14.2 Å². The van der Waals surface area contributed by atoms with E-state index in [4.69, 9.17) is 19.3 Å². The number of methoxy groups -OCH3 is 1. The average molecular weight is 176 g/mol. The Balaban J connectivity index is 2.18. The van der Waals surface area contributed by atoms with Crippen LogP contribution >= 0.6 is 0 Å². The molecule has 0 aromatic carbocycles. The van der Waals surface area contributed by atoms with Crippen molar-refractivity contribution in [1.29, 1.82) is 0 Å². The van der Waals surface area contributed by atoms with Crippen LogP contribution in [0.3, 0.4) is 0 Å². The molecule has 0 radical (unpaired) electrons. The fraction of sp³-hybridized carbons (Fsp3) is 1.00. The van der Waals surface area contributed by atoms with Crippen molar-refractivity contribution in [3.63, 3.8) is 0 Å². The molecular weight excluding hydrogens is 164 g/mol. The third-order valence-electron chi connectivity index (χ3n) is 2.49. The molecule has 0 saturated carbocycles. The Morgan fingerprint density at radius 1 is 1.67 bits per heavy atom. The molecule has 2 saturated heterocycles. The molecule has 12 heavy (non-hydrogen) atoms. The molecule has 0 aromatic rings. The summed E-state index contributed by atoms with van der Waals surface area (Å²) >= 11 is 0. The highest BCUT2D eigenvalue weighted by atomic mass is 16.7. The Morgan fingerprint density at radius 3 is 2.83 bits per heavy atom. The normalized spacial score (nSPS) is 51.8. The minimum atomic E-state index is -0.953. The number of aliphatic hydroxyl groups excluding tert-OH is 2. The molecule has 4 atom stereocenters. The van der Waals surface area contributed by atoms with Gasteiger partial charge in [-0.05, 0) is 0 Å². The van der Waals surface area contributed by atoms with E-state index in [2.05, 4.69) is 0 Å². The van der Waals surface area contributed by atoms with E-state index in [1.54, 1.807) is 0 Å². The van der Waals surface area contributed by atoms with Crippen molar-refractivity contribution in [3.8, 4) is 0 Å². The first kappa shape index (κ1) is 8.40. The van der Waals surface area contributed by atoms with Crippen LogP contribution in [0.2, 0.25) is 0 Å². The smallest absolute Gasteiger partial charge is 0.187 e. The largest absolute Gasteiger partial charge is 0.393 e. The van der Waals surface area contributed by atoms with E-state index in [1.165, 1.54) is 7.11 Å². The summed E-state index contributed by atoms with van der Waals surface area (Å²) < 4.78 is 15.4. The van der Waals surface area contributed by atoms with E-state index < -0.39 is 24.1 Å². The van der Waals surface area contributed by atoms with Crippen LogP contribution in [-0.4, -0.2) is 54.6 Å². The maximum Gasteiger partial charge on any atom is 0.187 e. The summed E-state index contributed by atoms with van der Waals surface area (Å²) in [5.74, 6) is 0. The summed E-state index contributed by atoms with van der Waals surface area (Å²) in [5.41, 5.74) is -0.953. The molecule has 2 bridgehead atoms. The van der Waals surface area contributed by atoms with Crippen LogP contribution in [0.1, 0.15) is 0 Å². The van der Waals surface area contributed by atoms with Crippen molar-refractivity contribution < 1.29 is 24.4 Å². The minimum Gasteiger partial charge on any atom is -0.393 e. The average Bonchev–Trinajstić information content (AvgIpc) is 2.58. The van der Waals surface area contributed by atoms with Gasteiger partial charge in [0.2, 0.25) is 0 Å². The van der Waals surface area contributed by atoms with Crippen molar-refractivity contribution in [1.82, 2.24) is 0 Å². The predicted octanol–water partition coefficient (Wildman–Crippen LogP) is -1.52. The summed E-state index contributed by atoms with van der Waals surface area (Å²) in [7, 11) is 1.48. The van der Waals surface area contributed by atoms with Crippen LogP contribution in [0.5, 0.6) is 0 Å². The third-order valence-corrected chi connectivity index (χ3v) is 2.49. The number of aliphatic hydroxyl groups is 2. The monoisotopic (exact) mass is 176 g/mol. The zero-order valence-electron chi connectivity index (χ0n) is 6.77. The number of hydrogen-bond donors (Lipinski definition) is 2. The highest BCUT2D eigenvalue weighted by Gasteiger charge is 2.61. The molecule has 0 spiro atoms. The summed E-state index contributed by atoms with van der Waals surface area (Å²) in [6, 6.07) is 0. The second kappa shape index (κ2) is 2.65. The number of hydrogen-bond acceptors (Lipinski definition) is 5. The van der Waals surface area contributed by atoms with Gasteiger partial charge < -0.3 is 24.4 Å². The second-order valence-electron chi connectivity index (χ2n) is 3.17. The predicted molar refractivity (Wildman–Crippen MR) is 37.4 cm³/mol. The molecule has 70 valence electrons. The Labute approximate surface area is 69.8 Å². The zero-order valence-corrected chi connectivity index (χ0v) is 6.77. The van der Waals surface area contributed by atoms with Crippen LogP contribution < -0.4 is 0 Å². The summed E-state index contributed by atoms with van der Waals surface area (Å²) in [6.07, 6.45) is -1.80. The number of rotatable bonds is 2. The Kier molecular flexibility index (Phi) is 1.85. The number of ether oxygens (including phenoxy) is 3. The van der Waals surface area contributed by atoms with Crippen molar-refractivity contribution >= 4 is 0 Å². The van der Waals surface area contributed by atoms with Crippen molar-refractivity contribution in [2.45, 2.75) is 24.1 Å². The van der Waals surface area contributed by atoms with Gasteiger partial charge in [0, 0.05) is 7.11 Å². The second-order valence-corrected chi connectivity index (χ2v) is 3.17. The molecule has 2 fully saturated rings. The lowest BCUT2D eigenvalue weighted by atomic mass is 10.0. The van der Waals surface area contributed by atoms with Crippen LogP contribution in [0.4, 0.5) is 0 Å². The lowest BCUT2D eigenvalue weighted by Gasteiger charge is -2.27. The van der Waals surface area contributed by atoms with Crippen LogP contribution in [0, 0.1) is 0 Å². The quantitative estimate of drug-likeness (QED) is 0.535. The van der Waals surface area contributed by atoms with Gasteiger partial charge in [-0.3, -0.25) is 0 Å². The molecule has 0 unspecified atom stereocenters.